The smallest absolute Gasteiger partial charge is 0.281 e. The molecule has 0 radical (unpaired) electrons. The van der Waals surface area contributed by atoms with Gasteiger partial charge in [0.05, 0.1) is 5.69 Å². The fourth-order valence-corrected chi connectivity index (χ4v) is 4.02. The molecule has 3 aromatic rings. The summed E-state index contributed by atoms with van der Waals surface area (Å²) in [5.74, 6) is 0.353. The van der Waals surface area contributed by atoms with E-state index in [1.807, 2.05) is 6.92 Å². The summed E-state index contributed by atoms with van der Waals surface area (Å²) in [7, 11) is -3.75. The standard InChI is InChI=1S/C12H13N5O2S2/c1-2-14-10-11(17-7-8-20-12(17)15-10)21(18,19)16-9-3-5-13-6-4-9/h3-8,14H,2H2,1H3,(H,13,16). The van der Waals surface area contributed by atoms with Crippen molar-refractivity contribution in [3.05, 3.63) is 36.1 Å². The molecule has 3 heterocycles. The number of thiazole rings is 1. The number of anilines is 2. The van der Waals surface area contributed by atoms with E-state index in [-0.39, 0.29) is 5.03 Å². The molecular weight excluding hydrogens is 310 g/mol. The molecule has 0 aromatic carbocycles. The zero-order valence-corrected chi connectivity index (χ0v) is 12.8. The van der Waals surface area contributed by atoms with Crippen LogP contribution in [0.25, 0.3) is 4.96 Å². The van der Waals surface area contributed by atoms with E-state index in [2.05, 4.69) is 20.0 Å². The molecule has 0 bridgehead atoms. The Morgan fingerprint density at radius 2 is 2.10 bits per heavy atom. The summed E-state index contributed by atoms with van der Waals surface area (Å²) in [6.45, 7) is 2.47. The molecule has 0 aliphatic heterocycles. The van der Waals surface area contributed by atoms with Crippen molar-refractivity contribution in [2.75, 3.05) is 16.6 Å². The first-order chi connectivity index (χ1) is 10.1. The average Bonchev–Trinajstić information content (AvgIpc) is 2.99. The van der Waals surface area contributed by atoms with Crippen LogP contribution in [0.3, 0.4) is 0 Å². The van der Waals surface area contributed by atoms with E-state index in [9.17, 15) is 8.42 Å². The number of fused-ring (bicyclic) bond motifs is 1. The predicted octanol–water partition coefficient (Wildman–Crippen LogP) is 2.02. The van der Waals surface area contributed by atoms with Crippen molar-refractivity contribution in [2.45, 2.75) is 11.9 Å². The number of pyridine rings is 1. The quantitative estimate of drug-likeness (QED) is 0.750. The summed E-state index contributed by atoms with van der Waals surface area (Å²) in [5.41, 5.74) is 0.456. The first-order valence-corrected chi connectivity index (χ1v) is 8.60. The molecule has 3 rings (SSSR count). The molecule has 0 saturated carbocycles. The number of sulfonamides is 1. The van der Waals surface area contributed by atoms with E-state index < -0.39 is 10.0 Å². The molecule has 0 amide bonds. The highest BCUT2D eigenvalue weighted by molar-refractivity contribution is 7.92. The van der Waals surface area contributed by atoms with Gasteiger partial charge in [-0.05, 0) is 19.1 Å². The molecule has 0 unspecified atom stereocenters. The third-order valence-corrected chi connectivity index (χ3v) is 4.91. The fourth-order valence-electron chi connectivity index (χ4n) is 1.93. The highest BCUT2D eigenvalue weighted by atomic mass is 32.2. The number of rotatable bonds is 5. The Morgan fingerprint density at radius 3 is 2.81 bits per heavy atom. The van der Waals surface area contributed by atoms with Gasteiger partial charge in [-0.25, -0.2) is 4.98 Å². The maximum Gasteiger partial charge on any atom is 0.281 e. The van der Waals surface area contributed by atoms with Crippen LogP contribution in [0.5, 0.6) is 0 Å². The van der Waals surface area contributed by atoms with E-state index >= 15 is 0 Å². The van der Waals surface area contributed by atoms with Gasteiger partial charge < -0.3 is 5.32 Å². The largest absolute Gasteiger partial charge is 0.368 e. The summed E-state index contributed by atoms with van der Waals surface area (Å²) in [6, 6.07) is 3.19. The number of aromatic nitrogens is 3. The zero-order valence-electron chi connectivity index (χ0n) is 11.1. The highest BCUT2D eigenvalue weighted by Gasteiger charge is 2.25. The second-order valence-electron chi connectivity index (χ2n) is 4.19. The molecule has 0 aliphatic carbocycles. The summed E-state index contributed by atoms with van der Waals surface area (Å²) in [4.78, 5) is 8.80. The topological polar surface area (TPSA) is 88.4 Å². The van der Waals surface area contributed by atoms with Crippen LogP contribution in [0, 0.1) is 0 Å². The molecule has 9 heteroatoms. The fraction of sp³-hybridized carbons (Fsp3) is 0.167. The van der Waals surface area contributed by atoms with E-state index in [4.69, 9.17) is 0 Å². The van der Waals surface area contributed by atoms with Crippen LogP contribution < -0.4 is 10.0 Å². The summed E-state index contributed by atoms with van der Waals surface area (Å²) in [6.07, 6.45) is 4.74. The highest BCUT2D eigenvalue weighted by Crippen LogP contribution is 2.27. The second-order valence-corrected chi connectivity index (χ2v) is 6.66. The minimum Gasteiger partial charge on any atom is -0.368 e. The molecule has 0 spiro atoms. The van der Waals surface area contributed by atoms with Crippen LogP contribution in [0.15, 0.2) is 41.1 Å². The lowest BCUT2D eigenvalue weighted by Gasteiger charge is -2.09. The van der Waals surface area contributed by atoms with Crippen molar-refractivity contribution in [2.24, 2.45) is 0 Å². The van der Waals surface area contributed by atoms with Crippen molar-refractivity contribution < 1.29 is 8.42 Å². The summed E-state index contributed by atoms with van der Waals surface area (Å²) < 4.78 is 29.4. The van der Waals surface area contributed by atoms with Gasteiger partial charge in [-0.1, -0.05) is 0 Å². The molecule has 7 nitrogen and oxygen atoms in total. The first kappa shape index (κ1) is 13.8. The monoisotopic (exact) mass is 323 g/mol. The minimum atomic E-state index is -3.75. The molecule has 110 valence electrons. The Balaban J connectivity index is 2.09. The predicted molar refractivity (Wildman–Crippen MR) is 82.3 cm³/mol. The molecule has 3 aromatic heterocycles. The van der Waals surface area contributed by atoms with Gasteiger partial charge in [-0.15, -0.1) is 11.3 Å². The number of nitrogens with zero attached hydrogens (tertiary/aromatic N) is 3. The van der Waals surface area contributed by atoms with Crippen molar-refractivity contribution in [3.8, 4) is 0 Å². The van der Waals surface area contributed by atoms with Gasteiger partial charge in [0.25, 0.3) is 10.0 Å². The second kappa shape index (κ2) is 5.34. The minimum absolute atomic E-state index is 0.109. The Kier molecular flexibility index (Phi) is 3.52. The summed E-state index contributed by atoms with van der Waals surface area (Å²) in [5, 5.41) is 4.89. The maximum atomic E-state index is 12.6. The van der Waals surface area contributed by atoms with Crippen LogP contribution >= 0.6 is 11.3 Å². The molecule has 0 atom stereocenters. The number of hydrogen-bond donors (Lipinski definition) is 2. The number of nitrogens with one attached hydrogen (secondary N) is 2. The van der Waals surface area contributed by atoms with Gasteiger partial charge in [-0.3, -0.25) is 14.1 Å². The molecule has 0 aliphatic rings. The van der Waals surface area contributed by atoms with Crippen LogP contribution in [-0.4, -0.2) is 29.3 Å². The van der Waals surface area contributed by atoms with Crippen molar-refractivity contribution >= 4 is 37.8 Å². The third kappa shape index (κ3) is 2.57. The normalized spacial score (nSPS) is 11.7. The number of hydrogen-bond acceptors (Lipinski definition) is 6. The van der Waals surface area contributed by atoms with Crippen molar-refractivity contribution in [1.29, 1.82) is 0 Å². The molecule has 0 fully saturated rings. The van der Waals surface area contributed by atoms with E-state index in [1.54, 1.807) is 28.1 Å². The lowest BCUT2D eigenvalue weighted by molar-refractivity contribution is 0.597. The maximum absolute atomic E-state index is 12.6. The van der Waals surface area contributed by atoms with Gasteiger partial charge in [0.1, 0.15) is 0 Å². The summed E-state index contributed by atoms with van der Waals surface area (Å²) >= 11 is 1.38. The Hall–Kier alpha value is -2.13. The Labute approximate surface area is 125 Å². The van der Waals surface area contributed by atoms with E-state index in [0.717, 1.165) is 0 Å². The number of imidazole rings is 1. The zero-order chi connectivity index (χ0) is 14.9. The third-order valence-electron chi connectivity index (χ3n) is 2.75. The van der Waals surface area contributed by atoms with Gasteiger partial charge in [0.2, 0.25) is 5.03 Å². The van der Waals surface area contributed by atoms with Crippen LogP contribution in [0.1, 0.15) is 6.92 Å². The first-order valence-electron chi connectivity index (χ1n) is 6.24. The van der Waals surface area contributed by atoms with Crippen LogP contribution in [0.4, 0.5) is 11.5 Å². The van der Waals surface area contributed by atoms with Crippen LogP contribution in [-0.2, 0) is 10.0 Å². The average molecular weight is 323 g/mol. The molecule has 21 heavy (non-hydrogen) atoms. The molecular formula is C12H13N5O2S2. The lowest BCUT2D eigenvalue weighted by Crippen LogP contribution is -2.17. The van der Waals surface area contributed by atoms with Gasteiger partial charge in [0.15, 0.2) is 10.8 Å². The molecule has 2 N–H and O–H groups in total. The van der Waals surface area contributed by atoms with E-state index in [1.165, 1.54) is 23.7 Å². The lowest BCUT2D eigenvalue weighted by atomic mass is 10.4. The van der Waals surface area contributed by atoms with Crippen LogP contribution in [0.2, 0.25) is 0 Å². The Bertz CT molecular complexity index is 854. The molecule has 0 saturated heterocycles. The van der Waals surface area contributed by atoms with Gasteiger partial charge >= 0.3 is 0 Å². The van der Waals surface area contributed by atoms with Crippen molar-refractivity contribution in [3.63, 3.8) is 0 Å². The van der Waals surface area contributed by atoms with Gasteiger partial charge in [0, 0.05) is 30.5 Å². The van der Waals surface area contributed by atoms with E-state index in [0.29, 0.717) is 23.0 Å². The Morgan fingerprint density at radius 1 is 1.33 bits per heavy atom. The SMILES string of the molecule is CCNc1nc2sccn2c1S(=O)(=O)Nc1ccncc1. The van der Waals surface area contributed by atoms with Gasteiger partial charge in [-0.2, -0.15) is 8.42 Å². The van der Waals surface area contributed by atoms with Crippen molar-refractivity contribution in [1.82, 2.24) is 14.4 Å².